The lowest BCUT2D eigenvalue weighted by Crippen LogP contribution is -2.32. The molecule has 9 nitrogen and oxygen atoms in total. The Morgan fingerprint density at radius 1 is 1.15 bits per heavy atom. The Balaban J connectivity index is 2.20. The number of methoxy groups -OCH3 is 2. The first-order chi connectivity index (χ1) is 15.6. The number of likely N-dealkylation sites (tertiary alicyclic amines) is 1. The molecule has 178 valence electrons. The minimum absolute atomic E-state index is 0.0521. The van der Waals surface area contributed by atoms with Crippen LogP contribution in [0.4, 0.5) is 0 Å². The summed E-state index contributed by atoms with van der Waals surface area (Å²) < 4.78 is 12.4. The predicted molar refractivity (Wildman–Crippen MR) is 124 cm³/mol. The van der Waals surface area contributed by atoms with Gasteiger partial charge in [0.15, 0.2) is 11.5 Å². The number of benzene rings is 1. The van der Waals surface area contributed by atoms with Crippen LogP contribution in [0.15, 0.2) is 23.8 Å². The molecule has 1 aromatic heterocycles. The fourth-order valence-electron chi connectivity index (χ4n) is 4.29. The van der Waals surface area contributed by atoms with Gasteiger partial charge in [0.25, 0.3) is 11.7 Å². The third-order valence-corrected chi connectivity index (χ3v) is 6.01. The second-order valence-corrected chi connectivity index (χ2v) is 8.43. The van der Waals surface area contributed by atoms with E-state index in [1.54, 1.807) is 44.0 Å². The molecule has 1 aliphatic heterocycles. The smallest absolute Gasteiger partial charge is 0.295 e. The van der Waals surface area contributed by atoms with Crippen LogP contribution in [0.1, 0.15) is 35.0 Å². The van der Waals surface area contributed by atoms with Crippen LogP contribution in [0, 0.1) is 13.8 Å². The Morgan fingerprint density at radius 2 is 1.82 bits per heavy atom. The molecule has 0 saturated carbocycles. The molecule has 9 heteroatoms. The summed E-state index contributed by atoms with van der Waals surface area (Å²) in [5, 5.41) is 15.7. The zero-order valence-corrected chi connectivity index (χ0v) is 20.3. The summed E-state index contributed by atoms with van der Waals surface area (Å²) in [6.45, 7) is 4.69. The number of rotatable bonds is 8. The number of carbonyl (C=O) groups excluding carboxylic acids is 2. The largest absolute Gasteiger partial charge is 0.507 e. The Kier molecular flexibility index (Phi) is 7.12. The third-order valence-electron chi connectivity index (χ3n) is 6.01. The van der Waals surface area contributed by atoms with E-state index in [2.05, 4.69) is 5.10 Å². The van der Waals surface area contributed by atoms with Crippen LogP contribution in [0.2, 0.25) is 0 Å². The van der Waals surface area contributed by atoms with Gasteiger partial charge in [-0.2, -0.15) is 5.10 Å². The number of nitrogens with zero attached hydrogens (tertiary/aromatic N) is 4. The standard InChI is InChI=1S/C24H32N4O5/c1-14-19(15(2)27(5)25-14)22(29)20-21(16-9-10-17(32-6)18(13-16)33-7)28(24(31)23(20)30)12-8-11-26(3)4/h9-10,13,21,29H,8,11-12H2,1-7H3. The molecular formula is C24H32N4O5. The number of aliphatic hydroxyl groups is 1. The van der Waals surface area contributed by atoms with E-state index in [0.29, 0.717) is 47.0 Å². The van der Waals surface area contributed by atoms with Gasteiger partial charge >= 0.3 is 0 Å². The number of aryl methyl sites for hydroxylation is 2. The number of ether oxygens (including phenoxy) is 2. The zero-order chi connectivity index (χ0) is 24.4. The molecule has 1 N–H and O–H groups in total. The van der Waals surface area contributed by atoms with E-state index in [-0.39, 0.29) is 11.3 Å². The summed E-state index contributed by atoms with van der Waals surface area (Å²) in [7, 11) is 8.74. The van der Waals surface area contributed by atoms with Crippen molar-refractivity contribution in [2.24, 2.45) is 7.05 Å². The molecule has 1 aromatic carbocycles. The lowest BCUT2D eigenvalue weighted by atomic mass is 9.94. The Bertz CT molecular complexity index is 1100. The third kappa shape index (κ3) is 4.45. The van der Waals surface area contributed by atoms with E-state index in [0.717, 1.165) is 6.54 Å². The van der Waals surface area contributed by atoms with Crippen molar-refractivity contribution in [2.45, 2.75) is 26.3 Å². The molecule has 0 bridgehead atoms. The minimum atomic E-state index is -0.758. The number of aromatic nitrogens is 2. The number of hydrogen-bond acceptors (Lipinski definition) is 7. The van der Waals surface area contributed by atoms with E-state index < -0.39 is 17.7 Å². The van der Waals surface area contributed by atoms with E-state index >= 15 is 0 Å². The fraction of sp³-hybridized carbons (Fsp3) is 0.458. The van der Waals surface area contributed by atoms with Crippen LogP contribution < -0.4 is 9.47 Å². The minimum Gasteiger partial charge on any atom is -0.507 e. The molecule has 0 aliphatic carbocycles. The van der Waals surface area contributed by atoms with Crippen molar-refractivity contribution in [1.82, 2.24) is 19.6 Å². The number of aliphatic hydroxyl groups excluding tert-OH is 1. The molecule has 3 rings (SSSR count). The van der Waals surface area contributed by atoms with Crippen LogP contribution in [-0.2, 0) is 16.6 Å². The molecular weight excluding hydrogens is 424 g/mol. The van der Waals surface area contributed by atoms with Gasteiger partial charge in [-0.3, -0.25) is 14.3 Å². The van der Waals surface area contributed by atoms with Crippen LogP contribution >= 0.6 is 0 Å². The summed E-state index contributed by atoms with van der Waals surface area (Å²) in [6.07, 6.45) is 0.675. The summed E-state index contributed by atoms with van der Waals surface area (Å²) in [4.78, 5) is 29.9. The van der Waals surface area contributed by atoms with Gasteiger partial charge in [0.05, 0.1) is 37.1 Å². The number of amides is 1. The molecule has 1 atom stereocenters. The van der Waals surface area contributed by atoms with E-state index in [1.165, 1.54) is 12.0 Å². The quantitative estimate of drug-likeness (QED) is 0.370. The van der Waals surface area contributed by atoms with Gasteiger partial charge in [0.2, 0.25) is 0 Å². The molecule has 1 amide bonds. The highest BCUT2D eigenvalue weighted by Gasteiger charge is 2.46. The number of ketones is 1. The van der Waals surface area contributed by atoms with Gasteiger partial charge in [0.1, 0.15) is 5.76 Å². The highest BCUT2D eigenvalue weighted by atomic mass is 16.5. The molecule has 2 aromatic rings. The van der Waals surface area contributed by atoms with Gasteiger partial charge in [-0.15, -0.1) is 0 Å². The summed E-state index contributed by atoms with van der Waals surface area (Å²) >= 11 is 0. The van der Waals surface area contributed by atoms with Gasteiger partial charge in [-0.1, -0.05) is 6.07 Å². The van der Waals surface area contributed by atoms with Crippen LogP contribution in [0.5, 0.6) is 11.5 Å². The van der Waals surface area contributed by atoms with E-state index in [4.69, 9.17) is 9.47 Å². The zero-order valence-electron chi connectivity index (χ0n) is 20.3. The first kappa shape index (κ1) is 24.3. The van der Waals surface area contributed by atoms with Crippen molar-refractivity contribution in [3.05, 3.63) is 46.3 Å². The Morgan fingerprint density at radius 3 is 2.36 bits per heavy atom. The van der Waals surface area contributed by atoms with Crippen molar-refractivity contribution < 1.29 is 24.2 Å². The van der Waals surface area contributed by atoms with Gasteiger partial charge < -0.3 is 24.4 Å². The molecule has 2 heterocycles. The summed E-state index contributed by atoms with van der Waals surface area (Å²) in [5.74, 6) is -0.548. The second-order valence-electron chi connectivity index (χ2n) is 8.43. The first-order valence-corrected chi connectivity index (χ1v) is 10.8. The SMILES string of the molecule is COc1ccc(C2C(=C(O)c3c(C)nn(C)c3C)C(=O)C(=O)N2CCCN(C)C)cc1OC. The lowest BCUT2D eigenvalue weighted by molar-refractivity contribution is -0.139. The topological polar surface area (TPSA) is 97.1 Å². The van der Waals surface area contributed by atoms with Crippen molar-refractivity contribution in [3.8, 4) is 11.5 Å². The highest BCUT2D eigenvalue weighted by molar-refractivity contribution is 6.46. The average Bonchev–Trinajstić information content (AvgIpc) is 3.18. The normalized spacial score (nSPS) is 17.8. The average molecular weight is 457 g/mol. The van der Waals surface area contributed by atoms with Crippen LogP contribution in [-0.4, -0.2) is 77.8 Å². The molecule has 0 radical (unpaired) electrons. The molecule has 1 saturated heterocycles. The highest BCUT2D eigenvalue weighted by Crippen LogP contribution is 2.42. The van der Waals surface area contributed by atoms with Crippen molar-refractivity contribution >= 4 is 17.4 Å². The van der Waals surface area contributed by atoms with E-state index in [1.807, 2.05) is 25.9 Å². The van der Waals surface area contributed by atoms with Crippen LogP contribution in [0.3, 0.4) is 0 Å². The first-order valence-electron chi connectivity index (χ1n) is 10.8. The van der Waals surface area contributed by atoms with Gasteiger partial charge in [-0.05, 0) is 58.6 Å². The van der Waals surface area contributed by atoms with Crippen molar-refractivity contribution in [1.29, 1.82) is 0 Å². The maximum Gasteiger partial charge on any atom is 0.295 e. The molecule has 33 heavy (non-hydrogen) atoms. The van der Waals surface area contributed by atoms with Gasteiger partial charge in [-0.25, -0.2) is 0 Å². The number of hydrogen-bond donors (Lipinski definition) is 1. The van der Waals surface area contributed by atoms with Crippen molar-refractivity contribution in [3.63, 3.8) is 0 Å². The molecule has 1 fully saturated rings. The maximum atomic E-state index is 13.2. The Hall–Kier alpha value is -3.33. The number of carbonyl (C=O) groups is 2. The van der Waals surface area contributed by atoms with Gasteiger partial charge in [0, 0.05) is 19.3 Å². The molecule has 1 unspecified atom stereocenters. The lowest BCUT2D eigenvalue weighted by Gasteiger charge is -2.26. The van der Waals surface area contributed by atoms with E-state index in [9.17, 15) is 14.7 Å². The predicted octanol–water partition coefficient (Wildman–Crippen LogP) is 2.43. The summed E-state index contributed by atoms with van der Waals surface area (Å²) in [6, 6.07) is 4.50. The molecule has 1 aliphatic rings. The number of Topliss-reactive ketones (excluding diaryl/α,β-unsaturated/α-hetero) is 1. The molecule has 0 spiro atoms. The Labute approximate surface area is 194 Å². The maximum absolute atomic E-state index is 13.2. The monoisotopic (exact) mass is 456 g/mol. The fourth-order valence-corrected chi connectivity index (χ4v) is 4.29. The summed E-state index contributed by atoms with van der Waals surface area (Å²) in [5.41, 5.74) is 2.45. The van der Waals surface area contributed by atoms with Crippen molar-refractivity contribution in [2.75, 3.05) is 41.4 Å². The van der Waals surface area contributed by atoms with Crippen LogP contribution in [0.25, 0.3) is 5.76 Å². The second kappa shape index (κ2) is 9.66.